The van der Waals surface area contributed by atoms with E-state index in [9.17, 15) is 25.5 Å². The maximum absolute atomic E-state index is 11.1. The number of hydrogen-bond acceptors (Lipinski definition) is 7. The molecule has 0 bridgehead atoms. The van der Waals surface area contributed by atoms with Crippen molar-refractivity contribution in [3.8, 4) is 17.3 Å². The predicted molar refractivity (Wildman–Crippen MR) is 101 cm³/mol. The Hall–Kier alpha value is -3.90. The van der Waals surface area contributed by atoms with Gasteiger partial charge in [0.15, 0.2) is 0 Å². The van der Waals surface area contributed by atoms with Crippen LogP contribution in [0.25, 0.3) is 22.9 Å². The van der Waals surface area contributed by atoms with E-state index in [-0.39, 0.29) is 16.9 Å². The quantitative estimate of drug-likeness (QED) is 0.360. The smallest absolute Gasteiger partial charge is 0.258 e. The molecule has 2 aromatic carbocycles. The van der Waals surface area contributed by atoms with Crippen molar-refractivity contribution in [2.45, 2.75) is 0 Å². The third-order valence-electron chi connectivity index (χ3n) is 3.64. The van der Waals surface area contributed by atoms with Gasteiger partial charge in [-0.3, -0.25) is 20.2 Å². The Morgan fingerprint density at radius 2 is 1.89 bits per heavy atom. The van der Waals surface area contributed by atoms with Crippen LogP contribution >= 0.6 is 11.3 Å². The van der Waals surface area contributed by atoms with Gasteiger partial charge in [-0.25, -0.2) is 4.98 Å². The van der Waals surface area contributed by atoms with Gasteiger partial charge in [-0.15, -0.1) is 11.3 Å². The Labute approximate surface area is 157 Å². The number of rotatable bonds is 5. The van der Waals surface area contributed by atoms with Crippen LogP contribution in [0.4, 0.5) is 11.4 Å². The monoisotopic (exact) mass is 378 g/mol. The highest BCUT2D eigenvalue weighted by atomic mass is 32.1. The van der Waals surface area contributed by atoms with Gasteiger partial charge < -0.3 is 0 Å². The van der Waals surface area contributed by atoms with Crippen molar-refractivity contribution in [3.05, 3.63) is 84.7 Å². The third-order valence-corrected chi connectivity index (χ3v) is 4.52. The number of non-ortho nitro benzene ring substituents is 1. The molecule has 8 nitrogen and oxygen atoms in total. The number of nitro groups is 2. The zero-order valence-corrected chi connectivity index (χ0v) is 14.4. The highest BCUT2D eigenvalue weighted by Gasteiger charge is 2.15. The first kappa shape index (κ1) is 17.9. The van der Waals surface area contributed by atoms with Gasteiger partial charge in [-0.1, -0.05) is 24.3 Å². The second kappa shape index (κ2) is 7.55. The number of para-hydroxylation sites is 1. The minimum atomic E-state index is -0.517. The molecular weight excluding hydrogens is 368 g/mol. The fourth-order valence-corrected chi connectivity index (χ4v) is 3.18. The molecule has 0 aliphatic carbocycles. The molecule has 0 saturated carbocycles. The van der Waals surface area contributed by atoms with Gasteiger partial charge in [0.2, 0.25) is 0 Å². The number of aromatic nitrogens is 1. The molecule has 0 radical (unpaired) electrons. The molecule has 27 heavy (non-hydrogen) atoms. The summed E-state index contributed by atoms with van der Waals surface area (Å²) in [6.45, 7) is 0. The predicted octanol–water partition coefficient (Wildman–Crippen LogP) is 4.69. The van der Waals surface area contributed by atoms with Crippen molar-refractivity contribution in [1.82, 2.24) is 4.98 Å². The topological polar surface area (TPSA) is 123 Å². The van der Waals surface area contributed by atoms with Crippen LogP contribution in [0.15, 0.2) is 53.9 Å². The molecule has 0 fully saturated rings. The van der Waals surface area contributed by atoms with Gasteiger partial charge in [-0.2, -0.15) is 5.26 Å². The second-order valence-electron chi connectivity index (χ2n) is 5.33. The first-order chi connectivity index (χ1) is 13.0. The second-order valence-corrected chi connectivity index (χ2v) is 6.19. The molecule has 1 aromatic heterocycles. The van der Waals surface area contributed by atoms with Crippen LogP contribution in [0.3, 0.4) is 0 Å². The first-order valence-corrected chi connectivity index (χ1v) is 8.43. The molecule has 9 heteroatoms. The first-order valence-electron chi connectivity index (χ1n) is 7.55. The minimum Gasteiger partial charge on any atom is -0.258 e. The Bertz CT molecular complexity index is 1110. The molecule has 0 saturated heterocycles. The maximum Gasteiger partial charge on any atom is 0.276 e. The summed E-state index contributed by atoms with van der Waals surface area (Å²) < 4.78 is 0. The van der Waals surface area contributed by atoms with E-state index in [1.165, 1.54) is 35.6 Å². The van der Waals surface area contributed by atoms with Crippen molar-refractivity contribution >= 4 is 34.4 Å². The van der Waals surface area contributed by atoms with Crippen LogP contribution in [0.5, 0.6) is 0 Å². The van der Waals surface area contributed by atoms with E-state index in [4.69, 9.17) is 0 Å². The highest BCUT2D eigenvalue weighted by molar-refractivity contribution is 7.11. The molecule has 3 aromatic rings. The van der Waals surface area contributed by atoms with Crippen molar-refractivity contribution in [1.29, 1.82) is 5.26 Å². The van der Waals surface area contributed by atoms with Crippen LogP contribution in [-0.2, 0) is 0 Å². The van der Waals surface area contributed by atoms with Crippen molar-refractivity contribution in [2.75, 3.05) is 0 Å². The molecule has 0 unspecified atom stereocenters. The SMILES string of the molecule is N#C/C(=C\c1ccccc1[N+](=O)[O-])c1nc(-c2cccc([N+](=O)[O-])c2)cs1. The largest absolute Gasteiger partial charge is 0.276 e. The van der Waals surface area contributed by atoms with Gasteiger partial charge in [0, 0.05) is 29.1 Å². The van der Waals surface area contributed by atoms with Crippen molar-refractivity contribution < 1.29 is 9.85 Å². The highest BCUT2D eigenvalue weighted by Crippen LogP contribution is 2.30. The molecule has 3 rings (SSSR count). The summed E-state index contributed by atoms with van der Waals surface area (Å²) in [5, 5.41) is 33.6. The fraction of sp³-hybridized carbons (Fsp3) is 0. The lowest BCUT2D eigenvalue weighted by Gasteiger charge is -1.98. The molecule has 0 spiro atoms. The van der Waals surface area contributed by atoms with Crippen LogP contribution < -0.4 is 0 Å². The number of benzene rings is 2. The number of nitriles is 1. The van der Waals surface area contributed by atoms with E-state index in [0.29, 0.717) is 21.8 Å². The molecule has 0 aliphatic heterocycles. The maximum atomic E-state index is 11.1. The summed E-state index contributed by atoms with van der Waals surface area (Å²) >= 11 is 1.18. The summed E-state index contributed by atoms with van der Waals surface area (Å²) in [4.78, 5) is 25.4. The van der Waals surface area contributed by atoms with E-state index in [2.05, 4.69) is 4.98 Å². The Balaban J connectivity index is 2.00. The third kappa shape index (κ3) is 3.86. The molecule has 0 atom stereocenters. The average molecular weight is 378 g/mol. The molecule has 1 heterocycles. The summed E-state index contributed by atoms with van der Waals surface area (Å²) in [6.07, 6.45) is 1.41. The van der Waals surface area contributed by atoms with Crippen LogP contribution in [-0.4, -0.2) is 14.8 Å². The van der Waals surface area contributed by atoms with E-state index in [1.54, 1.807) is 35.7 Å². The molecule has 0 aliphatic rings. The number of hydrogen-bond donors (Lipinski definition) is 0. The standard InChI is InChI=1S/C18H10N4O4S/c19-10-14(8-13-4-1-2-7-17(13)22(25)26)18-20-16(11-27-18)12-5-3-6-15(9-12)21(23)24/h1-9,11H/b14-8+. The lowest BCUT2D eigenvalue weighted by atomic mass is 10.1. The van der Waals surface area contributed by atoms with Crippen LogP contribution in [0.2, 0.25) is 0 Å². The molecule has 0 amide bonds. The summed E-state index contributed by atoms with van der Waals surface area (Å²) in [7, 11) is 0. The number of nitrogens with zero attached hydrogens (tertiary/aromatic N) is 4. The summed E-state index contributed by atoms with van der Waals surface area (Å²) in [5.74, 6) is 0. The van der Waals surface area contributed by atoms with Crippen LogP contribution in [0.1, 0.15) is 10.6 Å². The Morgan fingerprint density at radius 1 is 1.11 bits per heavy atom. The van der Waals surface area contributed by atoms with Crippen LogP contribution in [0, 0.1) is 31.6 Å². The van der Waals surface area contributed by atoms with E-state index in [1.807, 2.05) is 6.07 Å². The normalized spacial score (nSPS) is 11.0. The Morgan fingerprint density at radius 3 is 2.59 bits per heavy atom. The zero-order chi connectivity index (χ0) is 19.4. The average Bonchev–Trinajstić information content (AvgIpc) is 3.16. The van der Waals surface area contributed by atoms with Gasteiger partial charge in [0.05, 0.1) is 26.7 Å². The lowest BCUT2D eigenvalue weighted by molar-refractivity contribution is -0.385. The van der Waals surface area contributed by atoms with Gasteiger partial charge in [0.25, 0.3) is 11.4 Å². The van der Waals surface area contributed by atoms with Gasteiger partial charge in [-0.05, 0) is 12.1 Å². The van der Waals surface area contributed by atoms with Crippen molar-refractivity contribution in [3.63, 3.8) is 0 Å². The van der Waals surface area contributed by atoms with E-state index >= 15 is 0 Å². The van der Waals surface area contributed by atoms with Crippen molar-refractivity contribution in [2.24, 2.45) is 0 Å². The zero-order valence-electron chi connectivity index (χ0n) is 13.6. The molecular formula is C18H10N4O4S. The molecule has 0 N–H and O–H groups in total. The van der Waals surface area contributed by atoms with Gasteiger partial charge >= 0.3 is 0 Å². The fourth-order valence-electron chi connectivity index (χ4n) is 2.38. The lowest BCUT2D eigenvalue weighted by Crippen LogP contribution is -1.91. The summed E-state index contributed by atoms with van der Waals surface area (Å²) in [6, 6.07) is 14.1. The number of nitro benzene ring substituents is 2. The Kier molecular flexibility index (Phi) is 5.01. The molecule has 132 valence electrons. The van der Waals surface area contributed by atoms with E-state index in [0.717, 1.165) is 0 Å². The van der Waals surface area contributed by atoms with Gasteiger partial charge in [0.1, 0.15) is 11.1 Å². The van der Waals surface area contributed by atoms with E-state index < -0.39 is 9.85 Å². The summed E-state index contributed by atoms with van der Waals surface area (Å²) in [5.41, 5.74) is 1.34. The minimum absolute atomic E-state index is 0.0574. The number of thiazole rings is 1. The number of allylic oxidation sites excluding steroid dienone is 1.